The molecule has 4 heteroatoms. The van der Waals surface area contributed by atoms with Crippen LogP contribution in [0.25, 0.3) is 0 Å². The van der Waals surface area contributed by atoms with Crippen molar-refractivity contribution in [3.63, 3.8) is 0 Å². The van der Waals surface area contributed by atoms with Crippen LogP contribution in [0.5, 0.6) is 0 Å². The molecule has 0 unspecified atom stereocenters. The Hall–Kier alpha value is -0.0900. The summed E-state index contributed by atoms with van der Waals surface area (Å²) < 4.78 is 25.0. The van der Waals surface area contributed by atoms with E-state index in [9.17, 15) is 8.42 Å². The van der Waals surface area contributed by atoms with Crippen LogP contribution < -0.4 is 0 Å². The van der Waals surface area contributed by atoms with Crippen LogP contribution >= 0.6 is 0 Å². The molecule has 0 aromatic carbocycles. The summed E-state index contributed by atoms with van der Waals surface area (Å²) in [7, 11) is -2.88. The van der Waals surface area contributed by atoms with E-state index >= 15 is 0 Å². The molecule has 0 aromatic heterocycles. The summed E-state index contributed by atoms with van der Waals surface area (Å²) >= 11 is 0. The van der Waals surface area contributed by atoms with Crippen molar-refractivity contribution in [1.82, 2.24) is 4.31 Å². The Labute approximate surface area is 73.8 Å². The zero-order valence-corrected chi connectivity index (χ0v) is 7.89. The van der Waals surface area contributed by atoms with Crippen molar-refractivity contribution in [2.45, 2.75) is 30.9 Å². The summed E-state index contributed by atoms with van der Waals surface area (Å²) in [5.41, 5.74) is 0. The molecule has 69 valence electrons. The molecular formula is C8H14NO2S. The minimum atomic E-state index is -2.88. The fraction of sp³-hybridized carbons (Fsp3) is 0.875. The Morgan fingerprint density at radius 1 is 1.17 bits per heavy atom. The van der Waals surface area contributed by atoms with Crippen molar-refractivity contribution in [1.29, 1.82) is 0 Å². The number of sulfonamides is 1. The zero-order chi connectivity index (χ0) is 8.60. The molecule has 1 saturated heterocycles. The molecule has 0 spiro atoms. The molecule has 0 atom stereocenters. The predicted molar refractivity (Wildman–Crippen MR) is 47.0 cm³/mol. The quantitative estimate of drug-likeness (QED) is 0.642. The predicted octanol–water partition coefficient (Wildman–Crippen LogP) is 0.779. The van der Waals surface area contributed by atoms with Gasteiger partial charge in [-0.2, -0.15) is 0 Å². The van der Waals surface area contributed by atoms with E-state index in [0.29, 0.717) is 13.1 Å². The lowest BCUT2D eigenvalue weighted by Crippen LogP contribution is -2.37. The number of hydrogen-bond acceptors (Lipinski definition) is 2. The van der Waals surface area contributed by atoms with Crippen LogP contribution in [0.3, 0.4) is 0 Å². The largest absolute Gasteiger partial charge is 0.216 e. The molecule has 2 rings (SSSR count). The minimum Gasteiger partial charge on any atom is -0.212 e. The molecular weight excluding hydrogens is 174 g/mol. The van der Waals surface area contributed by atoms with E-state index < -0.39 is 10.0 Å². The fourth-order valence-corrected chi connectivity index (χ4v) is 3.43. The molecule has 0 amide bonds. The van der Waals surface area contributed by atoms with Crippen molar-refractivity contribution in [2.75, 3.05) is 13.1 Å². The van der Waals surface area contributed by atoms with Crippen molar-refractivity contribution in [2.24, 2.45) is 0 Å². The molecule has 1 saturated carbocycles. The molecule has 3 nitrogen and oxygen atoms in total. The highest BCUT2D eigenvalue weighted by Gasteiger charge is 2.40. The van der Waals surface area contributed by atoms with E-state index in [1.807, 2.05) is 0 Å². The maximum atomic E-state index is 11.7. The molecule has 1 aliphatic heterocycles. The van der Waals surface area contributed by atoms with Crippen LogP contribution in [0.1, 0.15) is 25.7 Å². The van der Waals surface area contributed by atoms with Gasteiger partial charge in [0.05, 0.1) is 5.25 Å². The van der Waals surface area contributed by atoms with E-state index in [2.05, 4.69) is 6.42 Å². The Morgan fingerprint density at radius 2 is 1.75 bits per heavy atom. The maximum Gasteiger partial charge on any atom is 0.216 e. The van der Waals surface area contributed by atoms with Gasteiger partial charge in [0.2, 0.25) is 10.0 Å². The Bertz CT molecular complexity index is 250. The van der Waals surface area contributed by atoms with Crippen LogP contribution in [0, 0.1) is 6.42 Å². The van der Waals surface area contributed by atoms with Gasteiger partial charge < -0.3 is 0 Å². The summed E-state index contributed by atoms with van der Waals surface area (Å²) in [6.45, 7) is 1.41. The summed E-state index contributed by atoms with van der Waals surface area (Å²) in [4.78, 5) is 0. The molecule has 12 heavy (non-hydrogen) atoms. The summed E-state index contributed by atoms with van der Waals surface area (Å²) in [5.74, 6) is 0. The topological polar surface area (TPSA) is 37.4 Å². The molecule has 2 fully saturated rings. The highest BCUT2D eigenvalue weighted by Crippen LogP contribution is 2.31. The highest BCUT2D eigenvalue weighted by atomic mass is 32.2. The fourth-order valence-electron chi connectivity index (χ4n) is 1.56. The summed E-state index contributed by atoms with van der Waals surface area (Å²) in [6, 6.07) is 0. The van der Waals surface area contributed by atoms with Crippen LogP contribution in [-0.2, 0) is 10.0 Å². The summed E-state index contributed by atoms with van der Waals surface area (Å²) in [5, 5.41) is -0.0319. The normalized spacial score (nSPS) is 27.3. The second-order valence-corrected chi connectivity index (χ2v) is 5.72. The average molecular weight is 188 g/mol. The van der Waals surface area contributed by atoms with Crippen LogP contribution in [-0.4, -0.2) is 31.1 Å². The van der Waals surface area contributed by atoms with Crippen molar-refractivity contribution in [3.8, 4) is 0 Å². The van der Waals surface area contributed by atoms with Gasteiger partial charge in [-0.3, -0.25) is 0 Å². The van der Waals surface area contributed by atoms with Crippen molar-refractivity contribution >= 4 is 10.0 Å². The monoisotopic (exact) mass is 188 g/mol. The van der Waals surface area contributed by atoms with Crippen LogP contribution in [0.15, 0.2) is 0 Å². The van der Waals surface area contributed by atoms with Crippen molar-refractivity contribution in [3.05, 3.63) is 6.42 Å². The van der Waals surface area contributed by atoms with Gasteiger partial charge in [-0.05, 0) is 32.1 Å². The molecule has 0 N–H and O–H groups in total. The third-order valence-corrected chi connectivity index (χ3v) is 4.87. The zero-order valence-electron chi connectivity index (χ0n) is 7.07. The SMILES string of the molecule is O=S(=O)(C1CC1)N1CC[CH]CC1. The van der Waals surface area contributed by atoms with Crippen LogP contribution in [0.4, 0.5) is 0 Å². The maximum absolute atomic E-state index is 11.7. The second-order valence-electron chi connectivity index (χ2n) is 3.51. The third kappa shape index (κ3) is 1.50. The first-order valence-electron chi connectivity index (χ1n) is 4.52. The second kappa shape index (κ2) is 3.00. The Balaban J connectivity index is 2.05. The van der Waals surface area contributed by atoms with Gasteiger partial charge in [0.1, 0.15) is 0 Å². The van der Waals surface area contributed by atoms with Gasteiger partial charge in [0, 0.05) is 13.1 Å². The first-order valence-corrected chi connectivity index (χ1v) is 6.02. The van der Waals surface area contributed by atoms with Gasteiger partial charge in [-0.25, -0.2) is 12.7 Å². The smallest absolute Gasteiger partial charge is 0.212 e. The Morgan fingerprint density at radius 3 is 2.25 bits per heavy atom. The van der Waals surface area contributed by atoms with Gasteiger partial charge in [-0.1, -0.05) is 0 Å². The highest BCUT2D eigenvalue weighted by molar-refractivity contribution is 7.90. The van der Waals surface area contributed by atoms with Gasteiger partial charge >= 0.3 is 0 Å². The van der Waals surface area contributed by atoms with E-state index in [1.54, 1.807) is 4.31 Å². The third-order valence-electron chi connectivity index (χ3n) is 2.47. The minimum absolute atomic E-state index is 0.0319. The first-order chi connectivity index (χ1) is 5.71. The van der Waals surface area contributed by atoms with E-state index in [4.69, 9.17) is 0 Å². The molecule has 2 aliphatic rings. The molecule has 1 heterocycles. The lowest BCUT2D eigenvalue weighted by molar-refractivity contribution is 0.383. The van der Waals surface area contributed by atoms with Gasteiger partial charge in [0.25, 0.3) is 0 Å². The average Bonchev–Trinajstić information content (AvgIpc) is 2.88. The summed E-state index contributed by atoms with van der Waals surface area (Å²) in [6.07, 6.45) is 5.77. The van der Waals surface area contributed by atoms with Crippen molar-refractivity contribution < 1.29 is 8.42 Å². The standard InChI is InChI=1S/C8H14NO2S/c10-12(11,8-4-5-8)9-6-2-1-3-7-9/h1,8H,2-7H2. The van der Waals surface area contributed by atoms with Crippen LogP contribution in [0.2, 0.25) is 0 Å². The molecule has 0 aromatic rings. The molecule has 1 aliphatic carbocycles. The first kappa shape index (κ1) is 8.51. The number of rotatable bonds is 2. The molecule has 1 radical (unpaired) electrons. The van der Waals surface area contributed by atoms with Gasteiger partial charge in [-0.15, -0.1) is 0 Å². The number of piperidine rings is 1. The lowest BCUT2D eigenvalue weighted by Gasteiger charge is -2.25. The van der Waals surface area contributed by atoms with Gasteiger partial charge in [0.15, 0.2) is 0 Å². The van der Waals surface area contributed by atoms with E-state index in [0.717, 1.165) is 25.7 Å². The number of hydrogen-bond donors (Lipinski definition) is 0. The van der Waals surface area contributed by atoms with E-state index in [-0.39, 0.29) is 5.25 Å². The number of nitrogens with zero attached hydrogens (tertiary/aromatic N) is 1. The molecule has 0 bridgehead atoms. The Kier molecular flexibility index (Phi) is 2.12. The van der Waals surface area contributed by atoms with E-state index in [1.165, 1.54) is 0 Å². The lowest BCUT2D eigenvalue weighted by atomic mass is 10.2.